The number of hydrogen-bond donors (Lipinski definition) is 2. The summed E-state index contributed by atoms with van der Waals surface area (Å²) in [6, 6.07) is 23.3. The second-order valence-electron chi connectivity index (χ2n) is 9.04. The first-order valence-corrected chi connectivity index (χ1v) is 11.6. The summed E-state index contributed by atoms with van der Waals surface area (Å²) in [6.45, 7) is 1.88. The van der Waals surface area contributed by atoms with Gasteiger partial charge in [0.05, 0.1) is 11.7 Å². The summed E-state index contributed by atoms with van der Waals surface area (Å²) in [4.78, 5) is 28.3. The van der Waals surface area contributed by atoms with Gasteiger partial charge in [-0.1, -0.05) is 66.7 Å². The van der Waals surface area contributed by atoms with Crippen LogP contribution in [0.2, 0.25) is 0 Å². The lowest BCUT2D eigenvalue weighted by atomic mass is 9.88. The number of nitrogens with one attached hydrogen (secondary N) is 2. The van der Waals surface area contributed by atoms with E-state index in [2.05, 4.69) is 34.9 Å². The van der Waals surface area contributed by atoms with Crippen LogP contribution in [0.15, 0.2) is 72.8 Å². The van der Waals surface area contributed by atoms with Gasteiger partial charge in [-0.15, -0.1) is 0 Å². The lowest BCUT2D eigenvalue weighted by Gasteiger charge is -2.29. The summed E-state index contributed by atoms with van der Waals surface area (Å²) in [5, 5.41) is 6.54. The predicted molar refractivity (Wildman–Crippen MR) is 131 cm³/mol. The molecule has 0 bridgehead atoms. The van der Waals surface area contributed by atoms with Crippen LogP contribution >= 0.6 is 0 Å². The lowest BCUT2D eigenvalue weighted by molar-refractivity contribution is -0.128. The molecule has 0 fully saturated rings. The number of nitrogens with zero attached hydrogens (tertiary/aromatic N) is 1. The number of anilines is 1. The second kappa shape index (κ2) is 8.83. The van der Waals surface area contributed by atoms with Gasteiger partial charge in [-0.2, -0.15) is 0 Å². The molecule has 3 aromatic rings. The molecule has 0 spiro atoms. The third-order valence-electron chi connectivity index (χ3n) is 6.92. The van der Waals surface area contributed by atoms with Crippen LogP contribution in [0.25, 0.3) is 11.1 Å². The molecule has 5 heteroatoms. The Morgan fingerprint density at radius 3 is 2.42 bits per heavy atom. The van der Waals surface area contributed by atoms with Crippen molar-refractivity contribution in [3.05, 3.63) is 89.5 Å². The molecular weight excluding hydrogens is 410 g/mol. The molecule has 3 atom stereocenters. The fourth-order valence-electron chi connectivity index (χ4n) is 5.11. The van der Waals surface area contributed by atoms with Crippen LogP contribution < -0.4 is 15.5 Å². The third kappa shape index (κ3) is 4.05. The van der Waals surface area contributed by atoms with Gasteiger partial charge in [0.25, 0.3) is 5.91 Å². The largest absolute Gasteiger partial charge is 0.339 e. The third-order valence-corrected chi connectivity index (χ3v) is 6.92. The highest BCUT2D eigenvalue weighted by Gasteiger charge is 2.34. The Kier molecular flexibility index (Phi) is 5.73. The summed E-state index contributed by atoms with van der Waals surface area (Å²) < 4.78 is 0. The fraction of sp³-hybridized carbons (Fsp3) is 0.286. The standard InChI is InChI=1S/C28H29N3O2/c1-18(29-21-16-15-19-9-3-4-10-20(19)17-21)27(32)30-26-24-13-6-5-11-22(24)23-12-7-8-14-25(23)31(2)28(26)33/h3-14,18,21,26,29H,15-17H2,1-2H3,(H,30,32). The van der Waals surface area contributed by atoms with Crippen molar-refractivity contribution in [3.8, 4) is 11.1 Å². The molecule has 168 valence electrons. The maximum Gasteiger partial charge on any atom is 0.253 e. The first kappa shape index (κ1) is 21.4. The molecule has 2 amide bonds. The maximum absolute atomic E-state index is 13.4. The van der Waals surface area contributed by atoms with Crippen LogP contribution in [0, 0.1) is 0 Å². The molecule has 2 aliphatic rings. The number of para-hydroxylation sites is 1. The molecule has 0 aromatic heterocycles. The van der Waals surface area contributed by atoms with Gasteiger partial charge < -0.3 is 15.5 Å². The van der Waals surface area contributed by atoms with Gasteiger partial charge in [-0.25, -0.2) is 0 Å². The normalized spacial score (nSPS) is 20.2. The van der Waals surface area contributed by atoms with E-state index in [1.54, 1.807) is 11.9 Å². The zero-order chi connectivity index (χ0) is 22.9. The van der Waals surface area contributed by atoms with Crippen molar-refractivity contribution >= 4 is 17.5 Å². The van der Waals surface area contributed by atoms with Gasteiger partial charge >= 0.3 is 0 Å². The zero-order valence-electron chi connectivity index (χ0n) is 19.0. The van der Waals surface area contributed by atoms with Gasteiger partial charge in [0.15, 0.2) is 0 Å². The van der Waals surface area contributed by atoms with Crippen LogP contribution in [0.1, 0.15) is 36.1 Å². The van der Waals surface area contributed by atoms with Gasteiger partial charge in [0.2, 0.25) is 5.91 Å². The molecule has 5 nitrogen and oxygen atoms in total. The Hall–Kier alpha value is -3.44. The number of carbonyl (C=O) groups excluding carboxylic acids is 2. The fourth-order valence-corrected chi connectivity index (χ4v) is 5.11. The van der Waals surface area contributed by atoms with Crippen molar-refractivity contribution in [1.82, 2.24) is 10.6 Å². The van der Waals surface area contributed by atoms with E-state index in [-0.39, 0.29) is 17.9 Å². The van der Waals surface area contributed by atoms with E-state index in [0.29, 0.717) is 0 Å². The Labute approximate surface area is 194 Å². The van der Waals surface area contributed by atoms with E-state index < -0.39 is 12.1 Å². The minimum Gasteiger partial charge on any atom is -0.339 e. The van der Waals surface area contributed by atoms with Crippen LogP contribution in [0.3, 0.4) is 0 Å². The minimum atomic E-state index is -0.734. The van der Waals surface area contributed by atoms with Crippen molar-refractivity contribution in [1.29, 1.82) is 0 Å². The van der Waals surface area contributed by atoms with Crippen LogP contribution in [0.4, 0.5) is 5.69 Å². The Bertz CT molecular complexity index is 1210. The molecule has 3 aromatic carbocycles. The van der Waals surface area contributed by atoms with Crippen LogP contribution in [-0.4, -0.2) is 30.9 Å². The van der Waals surface area contributed by atoms with Crippen molar-refractivity contribution < 1.29 is 9.59 Å². The van der Waals surface area contributed by atoms with Gasteiger partial charge in [-0.05, 0) is 54.5 Å². The number of likely N-dealkylation sites (N-methyl/N-ethyl adjacent to an activating group) is 1. The first-order valence-electron chi connectivity index (χ1n) is 11.6. The number of carbonyl (C=O) groups is 2. The van der Waals surface area contributed by atoms with Crippen molar-refractivity contribution in [2.24, 2.45) is 0 Å². The van der Waals surface area contributed by atoms with Gasteiger partial charge in [0.1, 0.15) is 6.04 Å². The van der Waals surface area contributed by atoms with E-state index in [0.717, 1.165) is 41.6 Å². The number of benzene rings is 3. The van der Waals surface area contributed by atoms with E-state index in [4.69, 9.17) is 0 Å². The van der Waals surface area contributed by atoms with E-state index in [9.17, 15) is 9.59 Å². The van der Waals surface area contributed by atoms with Crippen LogP contribution in [0.5, 0.6) is 0 Å². The van der Waals surface area contributed by atoms with Gasteiger partial charge in [0, 0.05) is 18.7 Å². The SMILES string of the molecule is CC(NC1CCc2ccccc2C1)C(=O)NC1C(=O)N(C)c2ccccc2-c2ccccc21. The zero-order valence-corrected chi connectivity index (χ0v) is 19.0. The average Bonchev–Trinajstić information content (AvgIpc) is 2.94. The van der Waals surface area contributed by atoms with E-state index in [1.165, 1.54) is 11.1 Å². The average molecular weight is 440 g/mol. The first-order chi connectivity index (χ1) is 16.0. The molecule has 33 heavy (non-hydrogen) atoms. The highest BCUT2D eigenvalue weighted by atomic mass is 16.2. The number of aryl methyl sites for hydroxylation is 1. The monoisotopic (exact) mass is 439 g/mol. The molecule has 0 radical (unpaired) electrons. The van der Waals surface area contributed by atoms with Crippen molar-refractivity contribution in [3.63, 3.8) is 0 Å². The summed E-state index contributed by atoms with van der Waals surface area (Å²) >= 11 is 0. The lowest BCUT2D eigenvalue weighted by Crippen LogP contribution is -2.51. The summed E-state index contributed by atoms with van der Waals surface area (Å²) in [6.07, 6.45) is 2.93. The van der Waals surface area contributed by atoms with Crippen LogP contribution in [-0.2, 0) is 22.4 Å². The van der Waals surface area contributed by atoms with Crippen molar-refractivity contribution in [2.45, 2.75) is 44.3 Å². The van der Waals surface area contributed by atoms with E-state index in [1.807, 2.05) is 55.5 Å². The molecule has 2 N–H and O–H groups in total. The predicted octanol–water partition coefficient (Wildman–Crippen LogP) is 4.02. The van der Waals surface area contributed by atoms with Crippen molar-refractivity contribution in [2.75, 3.05) is 11.9 Å². The second-order valence-corrected chi connectivity index (χ2v) is 9.04. The molecular formula is C28H29N3O2. The maximum atomic E-state index is 13.4. The quantitative estimate of drug-likeness (QED) is 0.645. The van der Waals surface area contributed by atoms with Gasteiger partial charge in [-0.3, -0.25) is 9.59 Å². The Morgan fingerprint density at radius 1 is 0.939 bits per heavy atom. The number of rotatable bonds is 4. The minimum absolute atomic E-state index is 0.139. The van der Waals surface area contributed by atoms with E-state index >= 15 is 0 Å². The Morgan fingerprint density at radius 2 is 1.61 bits per heavy atom. The number of amides is 2. The smallest absolute Gasteiger partial charge is 0.253 e. The molecule has 5 rings (SSSR count). The molecule has 1 heterocycles. The molecule has 0 saturated carbocycles. The molecule has 0 saturated heterocycles. The Balaban J connectivity index is 1.35. The topological polar surface area (TPSA) is 61.4 Å². The number of fused-ring (bicyclic) bond motifs is 4. The number of hydrogen-bond acceptors (Lipinski definition) is 3. The molecule has 3 unspecified atom stereocenters. The molecule has 1 aliphatic carbocycles. The molecule has 1 aliphatic heterocycles. The summed E-state index contributed by atoms with van der Waals surface area (Å²) in [5.41, 5.74) is 6.38. The highest BCUT2D eigenvalue weighted by molar-refractivity contribution is 6.06. The summed E-state index contributed by atoms with van der Waals surface area (Å²) in [7, 11) is 1.77. The highest BCUT2D eigenvalue weighted by Crippen LogP contribution is 2.39. The summed E-state index contributed by atoms with van der Waals surface area (Å²) in [5.74, 6) is -0.305.